The quantitative estimate of drug-likeness (QED) is 0.164. The van der Waals surface area contributed by atoms with E-state index in [0.717, 1.165) is 16.4 Å². The Bertz CT molecular complexity index is 2480. The van der Waals surface area contributed by atoms with Crippen LogP contribution in [0.25, 0.3) is 21.8 Å². The highest BCUT2D eigenvalue weighted by Gasteiger charge is 2.42. The van der Waals surface area contributed by atoms with Gasteiger partial charge in [-0.1, -0.05) is 26.0 Å². The highest BCUT2D eigenvalue weighted by atomic mass is 32.2. The van der Waals surface area contributed by atoms with E-state index in [9.17, 15) is 27.6 Å². The lowest BCUT2D eigenvalue weighted by atomic mass is 9.78. The van der Waals surface area contributed by atoms with Gasteiger partial charge in [0.1, 0.15) is 5.82 Å². The topological polar surface area (TPSA) is 214 Å². The third-order valence-corrected chi connectivity index (χ3v) is 15.7. The number of piperidine rings is 4. The predicted octanol–water partition coefficient (Wildman–Crippen LogP) is 5.31. The van der Waals surface area contributed by atoms with Crippen molar-refractivity contribution in [2.24, 2.45) is 11.3 Å². The fourth-order valence-electron chi connectivity index (χ4n) is 9.21. The first kappa shape index (κ1) is 44.1. The van der Waals surface area contributed by atoms with Gasteiger partial charge in [0.2, 0.25) is 39.6 Å². The molecule has 4 aromatic rings. The van der Waals surface area contributed by atoms with E-state index < -0.39 is 21.3 Å². The molecule has 4 saturated heterocycles. The molecule has 0 spiro atoms. The Labute approximate surface area is 370 Å². The van der Waals surface area contributed by atoms with Crippen LogP contribution in [0.3, 0.4) is 0 Å². The highest BCUT2D eigenvalue weighted by Crippen LogP contribution is 2.43. The van der Waals surface area contributed by atoms with Crippen molar-refractivity contribution < 1.29 is 32.0 Å². The first-order valence-electron chi connectivity index (χ1n) is 21.7. The van der Waals surface area contributed by atoms with Crippen molar-refractivity contribution in [2.45, 2.75) is 83.5 Å². The summed E-state index contributed by atoms with van der Waals surface area (Å²) < 4.78 is 43.5. The number of carbonyl (C=O) groups is 4. The molecule has 0 unspecified atom stereocenters. The first-order chi connectivity index (χ1) is 30.2. The van der Waals surface area contributed by atoms with E-state index in [4.69, 9.17) is 10.7 Å². The summed E-state index contributed by atoms with van der Waals surface area (Å²) in [5.74, 6) is -0.873. The van der Waals surface area contributed by atoms with E-state index in [1.807, 2.05) is 28.9 Å². The van der Waals surface area contributed by atoms with E-state index >= 15 is 4.39 Å². The molecule has 0 radical (unpaired) electrons. The molecule has 8 rings (SSSR count). The molecule has 334 valence electrons. The van der Waals surface area contributed by atoms with Crippen LogP contribution in [0.2, 0.25) is 0 Å². The number of nitrogens with two attached hydrogens (primary N) is 1. The molecule has 16 nitrogen and oxygen atoms in total. The number of carbonyl (C=O) groups excluding carboxylic acids is 4. The van der Waals surface area contributed by atoms with Gasteiger partial charge in [0.25, 0.3) is 0 Å². The molecule has 3 aromatic heterocycles. The van der Waals surface area contributed by atoms with Crippen molar-refractivity contribution in [2.75, 3.05) is 60.4 Å². The second-order valence-electron chi connectivity index (χ2n) is 17.3. The Morgan fingerprint density at radius 2 is 1.68 bits per heavy atom. The number of pyridine rings is 1. The molecule has 19 heteroatoms. The number of imide groups is 1. The fourth-order valence-corrected chi connectivity index (χ4v) is 11.6. The number of thiazole rings is 1. The molecule has 0 aliphatic carbocycles. The van der Waals surface area contributed by atoms with Crippen LogP contribution < -0.4 is 20.7 Å². The second kappa shape index (κ2) is 18.3. The van der Waals surface area contributed by atoms with Crippen LogP contribution in [-0.2, 0) is 29.2 Å². The third kappa shape index (κ3) is 9.54. The second-order valence-corrected chi connectivity index (χ2v) is 20.2. The van der Waals surface area contributed by atoms with Gasteiger partial charge in [0, 0.05) is 80.9 Å². The number of likely N-dealkylation sites (tertiary alicyclic amines) is 2. The molecular weight excluding hydrogens is 848 g/mol. The minimum atomic E-state index is -3.75. The Morgan fingerprint density at radius 1 is 0.952 bits per heavy atom. The number of nitrogen functional groups attached to an aromatic ring is 1. The van der Waals surface area contributed by atoms with Crippen molar-refractivity contribution in [1.29, 1.82) is 0 Å². The molecule has 7 heterocycles. The van der Waals surface area contributed by atoms with Gasteiger partial charge in [-0.15, -0.1) is 11.3 Å². The summed E-state index contributed by atoms with van der Waals surface area (Å²) >= 11 is 1.38. The van der Waals surface area contributed by atoms with Crippen molar-refractivity contribution in [1.82, 2.24) is 35.1 Å². The zero-order valence-corrected chi connectivity index (χ0v) is 37.1. The van der Waals surface area contributed by atoms with Gasteiger partial charge in [-0.25, -0.2) is 32.7 Å². The SMILES string of the molecule is CCCS(=O)(=O)Nc1cccc(-c2nc(C3CCN(C(=O)C4CCN(C(=O)C5(C)CCN(c6ccc([C@H]7CCC(=O)NC7=O)cn6)CC5)CC4)CC3)sc2-c2ccnc(N)n2)c1F. The van der Waals surface area contributed by atoms with Crippen molar-refractivity contribution in [3.63, 3.8) is 0 Å². The first-order valence-corrected chi connectivity index (χ1v) is 24.2. The summed E-state index contributed by atoms with van der Waals surface area (Å²) in [6, 6.07) is 10.0. The highest BCUT2D eigenvalue weighted by molar-refractivity contribution is 7.92. The third-order valence-electron chi connectivity index (χ3n) is 12.9. The van der Waals surface area contributed by atoms with E-state index in [0.29, 0.717) is 113 Å². The van der Waals surface area contributed by atoms with Crippen molar-refractivity contribution in [3.05, 3.63) is 65.2 Å². The van der Waals surface area contributed by atoms with E-state index in [-0.39, 0.29) is 64.3 Å². The van der Waals surface area contributed by atoms with E-state index in [2.05, 4.69) is 29.9 Å². The lowest BCUT2D eigenvalue weighted by Crippen LogP contribution is -2.52. The number of nitrogens with one attached hydrogen (secondary N) is 2. The van der Waals surface area contributed by atoms with Crippen LogP contribution in [-0.4, -0.2) is 107 Å². The standard InChI is InChI=1S/C44H53FN10O6S2/c1-3-25-63(60,61)52-32-6-4-5-31(36(32)45)37-38(33-11-18-47-43(46)49-33)62-40(51-37)27-12-19-54(20-13-27)41(58)28-14-21-55(22-15-28)42(59)44(2)16-23-53(24-17-44)34-9-7-29(26-48-34)30-8-10-35(56)50-39(30)57/h4-7,9,11,18,26-28,30,52H,3,8,10,12-17,19-25H2,1-2H3,(H2,46,47,49)(H,50,56,57)/t30-/m1/s1. The normalized spacial score (nSPS) is 20.1. The van der Waals surface area contributed by atoms with Crippen LogP contribution in [0.1, 0.15) is 94.0 Å². The van der Waals surface area contributed by atoms with E-state index in [1.165, 1.54) is 23.6 Å². The lowest BCUT2D eigenvalue weighted by molar-refractivity contribution is -0.147. The Balaban J connectivity index is 0.855. The minimum Gasteiger partial charge on any atom is -0.368 e. The van der Waals surface area contributed by atoms with Gasteiger partial charge in [-0.05, 0) is 81.2 Å². The van der Waals surface area contributed by atoms with Gasteiger partial charge in [-0.2, -0.15) is 0 Å². The summed E-state index contributed by atoms with van der Waals surface area (Å²) in [4.78, 5) is 76.3. The van der Waals surface area contributed by atoms with Gasteiger partial charge in [-0.3, -0.25) is 29.2 Å². The number of halogens is 1. The number of amides is 4. The van der Waals surface area contributed by atoms with Crippen LogP contribution in [0, 0.1) is 17.2 Å². The maximum atomic E-state index is 16.1. The van der Waals surface area contributed by atoms with Crippen molar-refractivity contribution in [3.8, 4) is 21.8 Å². The number of hydrogen-bond donors (Lipinski definition) is 3. The number of anilines is 3. The smallest absolute Gasteiger partial charge is 0.234 e. The van der Waals surface area contributed by atoms with Crippen LogP contribution >= 0.6 is 11.3 Å². The zero-order valence-electron chi connectivity index (χ0n) is 35.5. The molecule has 1 aromatic carbocycles. The molecule has 0 bridgehead atoms. The predicted molar refractivity (Wildman–Crippen MR) is 237 cm³/mol. The molecule has 4 N–H and O–H groups in total. The largest absolute Gasteiger partial charge is 0.368 e. The minimum absolute atomic E-state index is 0.000331. The number of benzene rings is 1. The summed E-state index contributed by atoms with van der Waals surface area (Å²) in [7, 11) is -3.75. The summed E-state index contributed by atoms with van der Waals surface area (Å²) in [5, 5.41) is 3.17. The van der Waals surface area contributed by atoms with Crippen LogP contribution in [0.4, 0.5) is 21.8 Å². The number of rotatable bonds is 11. The average molecular weight is 901 g/mol. The van der Waals surface area contributed by atoms with Crippen molar-refractivity contribution >= 4 is 62.4 Å². The number of nitrogens with zero attached hydrogens (tertiary/aromatic N) is 7. The summed E-state index contributed by atoms with van der Waals surface area (Å²) in [6.45, 7) is 7.26. The molecule has 1 atom stereocenters. The van der Waals surface area contributed by atoms with Gasteiger partial charge in [0.15, 0.2) is 5.82 Å². The van der Waals surface area contributed by atoms with Gasteiger partial charge in [0.05, 0.1) is 38.6 Å². The maximum absolute atomic E-state index is 16.1. The molecule has 4 amide bonds. The molecule has 4 fully saturated rings. The molecule has 4 aliphatic rings. The van der Waals surface area contributed by atoms with Crippen LogP contribution in [0.5, 0.6) is 0 Å². The summed E-state index contributed by atoms with van der Waals surface area (Å²) in [5.41, 5.74) is 6.99. The fraction of sp³-hybridized carbons (Fsp3) is 0.500. The molecule has 63 heavy (non-hydrogen) atoms. The Hall–Kier alpha value is -5.56. The summed E-state index contributed by atoms with van der Waals surface area (Å²) in [6.07, 6.45) is 8.29. The number of hydrogen-bond acceptors (Lipinski definition) is 13. The number of aromatic nitrogens is 4. The zero-order chi connectivity index (χ0) is 44.5. The molecule has 0 saturated carbocycles. The average Bonchev–Trinajstić information content (AvgIpc) is 3.72. The maximum Gasteiger partial charge on any atom is 0.234 e. The van der Waals surface area contributed by atoms with Gasteiger partial charge < -0.3 is 20.4 Å². The van der Waals surface area contributed by atoms with Gasteiger partial charge >= 0.3 is 0 Å². The Morgan fingerprint density at radius 3 is 2.35 bits per heavy atom. The van der Waals surface area contributed by atoms with Crippen LogP contribution in [0.15, 0.2) is 48.8 Å². The monoisotopic (exact) mass is 900 g/mol. The van der Waals surface area contributed by atoms with E-state index in [1.54, 1.807) is 31.3 Å². The lowest BCUT2D eigenvalue weighted by Gasteiger charge is -2.43. The molecular formula is C44H53FN10O6S2. The number of sulfonamides is 1. The molecule has 4 aliphatic heterocycles. The Kier molecular flexibility index (Phi) is 12.8.